The number of hydrazine groups is 1. The van der Waals surface area contributed by atoms with Gasteiger partial charge in [-0.2, -0.15) is 5.01 Å². The van der Waals surface area contributed by atoms with Gasteiger partial charge in [0.25, 0.3) is 17.7 Å². The highest BCUT2D eigenvalue weighted by Crippen LogP contribution is 2.65. The fourth-order valence-corrected chi connectivity index (χ4v) is 5.09. The van der Waals surface area contributed by atoms with Gasteiger partial charge in [-0.3, -0.25) is 19.8 Å². The van der Waals surface area contributed by atoms with Gasteiger partial charge in [-0.1, -0.05) is 23.8 Å². The molecule has 2 saturated carbocycles. The Hall–Kier alpha value is -2.34. The molecule has 3 amide bonds. The maximum absolute atomic E-state index is 12.8. The van der Waals surface area contributed by atoms with Crippen LogP contribution in [-0.2, 0) is 9.59 Å². The molecule has 1 saturated heterocycles. The molecule has 7 heteroatoms. The number of rotatable bonds is 2. The van der Waals surface area contributed by atoms with Crippen molar-refractivity contribution >= 4 is 29.3 Å². The Morgan fingerprint density at radius 1 is 1.12 bits per heavy atom. The SMILES string of the molecule is O=C(NN1C(=O)C2C3C=CC(C4CC34)C2C1=O)c1cc(Cl)ccc1O. The first kappa shape index (κ1) is 15.0. The number of nitrogens with one attached hydrogen (secondary N) is 1. The van der Waals surface area contributed by atoms with Crippen LogP contribution in [0.15, 0.2) is 30.4 Å². The van der Waals surface area contributed by atoms with Gasteiger partial charge in [-0.15, -0.1) is 0 Å². The van der Waals surface area contributed by atoms with Gasteiger partial charge in [0.2, 0.25) is 0 Å². The first-order valence-electron chi connectivity index (χ1n) is 8.33. The molecular weight excluding hydrogens is 344 g/mol. The summed E-state index contributed by atoms with van der Waals surface area (Å²) in [6.45, 7) is 0. The van der Waals surface area contributed by atoms with Crippen molar-refractivity contribution in [3.8, 4) is 5.75 Å². The van der Waals surface area contributed by atoms with Crippen LogP contribution in [-0.4, -0.2) is 27.8 Å². The van der Waals surface area contributed by atoms with Gasteiger partial charge in [0.15, 0.2) is 0 Å². The van der Waals surface area contributed by atoms with Crippen LogP contribution in [0.25, 0.3) is 0 Å². The van der Waals surface area contributed by atoms with Crippen molar-refractivity contribution in [3.63, 3.8) is 0 Å². The second-order valence-electron chi connectivity index (χ2n) is 7.27. The summed E-state index contributed by atoms with van der Waals surface area (Å²) in [7, 11) is 0. The van der Waals surface area contributed by atoms with Crippen LogP contribution >= 0.6 is 11.6 Å². The number of carbonyl (C=O) groups is 3. The van der Waals surface area contributed by atoms with Crippen molar-refractivity contribution in [1.82, 2.24) is 10.4 Å². The summed E-state index contributed by atoms with van der Waals surface area (Å²) < 4.78 is 0. The predicted octanol–water partition coefficient (Wildman–Crippen LogP) is 1.74. The lowest BCUT2D eigenvalue weighted by Gasteiger charge is -2.37. The highest BCUT2D eigenvalue weighted by molar-refractivity contribution is 6.31. The summed E-state index contributed by atoms with van der Waals surface area (Å²) in [5.74, 6) is -1.26. The molecule has 6 unspecified atom stereocenters. The average Bonchev–Trinajstić information content (AvgIpc) is 3.38. The molecule has 1 heterocycles. The van der Waals surface area contributed by atoms with Gasteiger partial charge in [-0.05, 0) is 48.3 Å². The smallest absolute Gasteiger partial charge is 0.274 e. The van der Waals surface area contributed by atoms with E-state index in [-0.39, 0.29) is 51.8 Å². The maximum Gasteiger partial charge on any atom is 0.274 e. The van der Waals surface area contributed by atoms with E-state index < -0.39 is 5.91 Å². The van der Waals surface area contributed by atoms with Crippen LogP contribution in [0.3, 0.4) is 0 Å². The Morgan fingerprint density at radius 3 is 2.32 bits per heavy atom. The minimum Gasteiger partial charge on any atom is -0.507 e. The molecule has 6 atom stereocenters. The number of hydrogen-bond acceptors (Lipinski definition) is 4. The molecule has 2 N–H and O–H groups in total. The van der Waals surface area contributed by atoms with Gasteiger partial charge >= 0.3 is 0 Å². The number of carbonyl (C=O) groups excluding carboxylic acids is 3. The Balaban J connectivity index is 1.43. The summed E-state index contributed by atoms with van der Waals surface area (Å²) in [5, 5.41) is 11.0. The van der Waals surface area contributed by atoms with Crippen molar-refractivity contribution < 1.29 is 19.5 Å². The lowest BCUT2D eigenvalue weighted by molar-refractivity contribution is -0.143. The number of allylic oxidation sites excluding steroid dienone is 2. The Bertz CT molecular complexity index is 831. The second kappa shape index (κ2) is 4.85. The third-order valence-electron chi connectivity index (χ3n) is 6.08. The largest absolute Gasteiger partial charge is 0.507 e. The molecule has 6 nitrogen and oxygen atoms in total. The second-order valence-corrected chi connectivity index (χ2v) is 7.71. The molecule has 25 heavy (non-hydrogen) atoms. The van der Waals surface area contributed by atoms with Crippen molar-refractivity contribution in [3.05, 3.63) is 40.9 Å². The number of amides is 3. The summed E-state index contributed by atoms with van der Waals surface area (Å²) in [6.07, 6.45) is 5.22. The first-order valence-corrected chi connectivity index (χ1v) is 8.71. The lowest BCUT2D eigenvalue weighted by atomic mass is 9.63. The number of aromatic hydroxyl groups is 1. The van der Waals surface area contributed by atoms with E-state index in [0.29, 0.717) is 11.8 Å². The van der Waals surface area contributed by atoms with Crippen LogP contribution in [0.4, 0.5) is 0 Å². The predicted molar refractivity (Wildman–Crippen MR) is 87.1 cm³/mol. The van der Waals surface area contributed by atoms with E-state index in [9.17, 15) is 19.5 Å². The molecule has 2 bridgehead atoms. The number of hydrogen-bond donors (Lipinski definition) is 2. The summed E-state index contributed by atoms with van der Waals surface area (Å²) >= 11 is 5.85. The Morgan fingerprint density at radius 2 is 1.72 bits per heavy atom. The molecular formula is C18H15ClN2O4. The van der Waals surface area contributed by atoms with E-state index >= 15 is 0 Å². The minimum absolute atomic E-state index is 0.0769. The number of phenols is 1. The highest BCUT2D eigenvalue weighted by Gasteiger charge is 2.67. The van der Waals surface area contributed by atoms with E-state index in [4.69, 9.17) is 11.6 Å². The zero-order valence-electron chi connectivity index (χ0n) is 13.1. The van der Waals surface area contributed by atoms with Crippen LogP contribution in [0, 0.1) is 35.5 Å². The van der Waals surface area contributed by atoms with Crippen LogP contribution in [0.1, 0.15) is 16.8 Å². The van der Waals surface area contributed by atoms with E-state index in [2.05, 4.69) is 17.6 Å². The van der Waals surface area contributed by atoms with Crippen LogP contribution in [0.5, 0.6) is 5.75 Å². The molecule has 5 aliphatic rings. The fourth-order valence-electron chi connectivity index (χ4n) is 4.92. The highest BCUT2D eigenvalue weighted by atomic mass is 35.5. The number of nitrogens with zero attached hydrogens (tertiary/aromatic N) is 1. The molecule has 0 spiro atoms. The van der Waals surface area contributed by atoms with Crippen molar-refractivity contribution in [2.24, 2.45) is 35.5 Å². The molecule has 1 aliphatic heterocycles. The number of benzene rings is 1. The normalized spacial score (nSPS) is 37.1. The molecule has 4 aliphatic carbocycles. The summed E-state index contributed by atoms with van der Waals surface area (Å²) in [6, 6.07) is 4.04. The topological polar surface area (TPSA) is 86.7 Å². The van der Waals surface area contributed by atoms with Gasteiger partial charge in [0.05, 0.1) is 17.4 Å². The van der Waals surface area contributed by atoms with Crippen LogP contribution < -0.4 is 5.43 Å². The molecule has 0 aromatic heterocycles. The van der Waals surface area contributed by atoms with E-state index in [0.717, 1.165) is 11.4 Å². The van der Waals surface area contributed by atoms with Gasteiger partial charge < -0.3 is 5.11 Å². The maximum atomic E-state index is 12.8. The monoisotopic (exact) mass is 358 g/mol. The molecule has 1 aromatic rings. The summed E-state index contributed by atoms with van der Waals surface area (Å²) in [5.41, 5.74) is 2.29. The van der Waals surface area contributed by atoms with Crippen molar-refractivity contribution in [2.45, 2.75) is 6.42 Å². The number of halogens is 1. The zero-order valence-corrected chi connectivity index (χ0v) is 13.8. The van der Waals surface area contributed by atoms with Crippen LogP contribution in [0.2, 0.25) is 5.02 Å². The Kier molecular flexibility index (Phi) is 2.90. The van der Waals surface area contributed by atoms with E-state index in [1.807, 2.05) is 0 Å². The number of phenolic OH excluding ortho intramolecular Hbond substituents is 1. The third kappa shape index (κ3) is 1.94. The number of imide groups is 1. The molecule has 3 fully saturated rings. The zero-order chi connectivity index (χ0) is 17.5. The average molecular weight is 359 g/mol. The molecule has 0 radical (unpaired) electrons. The quantitative estimate of drug-likeness (QED) is 0.623. The van der Waals surface area contributed by atoms with Gasteiger partial charge in [0.1, 0.15) is 5.75 Å². The van der Waals surface area contributed by atoms with Gasteiger partial charge in [0, 0.05) is 5.02 Å². The Labute approximate surface area is 148 Å². The summed E-state index contributed by atoms with van der Waals surface area (Å²) in [4.78, 5) is 38.0. The lowest BCUT2D eigenvalue weighted by Crippen LogP contribution is -2.46. The standard InChI is InChI=1S/C18H15ClN2O4/c19-7-1-4-13(22)12(5-7)16(23)20-21-17(24)14-8-2-3-9(11-6-10(8)11)15(14)18(21)25/h1-5,8-11,14-15,22H,6H2,(H,20,23). The van der Waals surface area contributed by atoms with Gasteiger partial charge in [-0.25, -0.2) is 0 Å². The van der Waals surface area contributed by atoms with E-state index in [1.54, 1.807) is 0 Å². The third-order valence-corrected chi connectivity index (χ3v) is 6.31. The minimum atomic E-state index is -0.731. The van der Waals surface area contributed by atoms with E-state index in [1.165, 1.54) is 18.2 Å². The fraction of sp³-hybridized carbons (Fsp3) is 0.389. The molecule has 1 aromatic carbocycles. The first-order chi connectivity index (χ1) is 12.0. The molecule has 128 valence electrons. The van der Waals surface area contributed by atoms with Crippen molar-refractivity contribution in [1.29, 1.82) is 0 Å². The molecule has 6 rings (SSSR count). The van der Waals surface area contributed by atoms with Crippen molar-refractivity contribution in [2.75, 3.05) is 0 Å².